The molecule has 0 aliphatic heterocycles. The van der Waals surface area contributed by atoms with Gasteiger partial charge in [0.15, 0.2) is 0 Å². The van der Waals surface area contributed by atoms with Crippen molar-refractivity contribution in [1.29, 1.82) is 0 Å². The van der Waals surface area contributed by atoms with E-state index in [-0.39, 0.29) is 87.5 Å². The number of phenolic OH excluding ortho intramolecular Hbond substituents is 2. The summed E-state index contributed by atoms with van der Waals surface area (Å²) in [4.78, 5) is 0. The first kappa shape index (κ1) is 31.1. The molecule has 4 rings (SSSR count). The minimum atomic E-state index is -0.151. The molecule has 0 radical (unpaired) electrons. The average Bonchev–Trinajstić information content (AvgIpc) is 2.76. The number of benzene rings is 4. The Bertz CT molecular complexity index is 936. The van der Waals surface area contributed by atoms with Crippen LogP contribution >= 0.6 is 0 Å². The smallest absolute Gasteiger partial charge is 0.872 e. The number of phenols is 2. The first-order valence-corrected chi connectivity index (χ1v) is 9.82. The van der Waals surface area contributed by atoms with Crippen LogP contribution in [0.5, 0.6) is 23.0 Å². The Morgan fingerprint density at radius 3 is 0.970 bits per heavy atom. The van der Waals surface area contributed by atoms with Crippen molar-refractivity contribution in [2.24, 2.45) is 0 Å². The summed E-state index contributed by atoms with van der Waals surface area (Å²) in [5, 5.41) is 39.1. The third-order valence-electron chi connectivity index (χ3n) is 4.66. The Morgan fingerprint density at radius 2 is 0.758 bits per heavy atom. The zero-order chi connectivity index (χ0) is 22.7. The van der Waals surface area contributed by atoms with Crippen LogP contribution in [0.4, 0.5) is 0 Å². The second kappa shape index (κ2) is 15.8. The fraction of sp³-hybridized carbons (Fsp3) is 0.111. The third kappa shape index (κ3) is 11.2. The molecule has 6 heteroatoms. The quantitative estimate of drug-likeness (QED) is 0.374. The summed E-state index contributed by atoms with van der Waals surface area (Å²) in [6, 6.07) is 31.1. The van der Waals surface area contributed by atoms with Crippen LogP contribution in [-0.2, 0) is 5.41 Å². The van der Waals surface area contributed by atoms with Crippen LogP contribution in [0.2, 0.25) is 0 Å². The zero-order valence-electron chi connectivity index (χ0n) is 19.6. The van der Waals surface area contributed by atoms with Crippen molar-refractivity contribution in [3.05, 3.63) is 120 Å². The largest absolute Gasteiger partial charge is 1.00 e. The Labute approximate surface area is 240 Å². The van der Waals surface area contributed by atoms with Crippen molar-refractivity contribution >= 4 is 0 Å². The summed E-state index contributed by atoms with van der Waals surface area (Å²) in [5.74, 6) is 0.690. The number of hydrogen-bond donors (Lipinski definition) is 2. The van der Waals surface area contributed by atoms with Crippen molar-refractivity contribution in [2.75, 3.05) is 0 Å². The molecule has 0 aliphatic rings. The summed E-state index contributed by atoms with van der Waals surface area (Å²) in [7, 11) is 0. The number of para-hydroxylation sites is 2. The molecule has 0 bridgehead atoms. The number of hydrogen-bond acceptors (Lipinski definition) is 4. The van der Waals surface area contributed by atoms with Gasteiger partial charge in [-0.15, -0.1) is 11.5 Å². The fourth-order valence-electron chi connectivity index (χ4n) is 2.76. The van der Waals surface area contributed by atoms with E-state index in [1.165, 1.54) is 24.3 Å². The van der Waals surface area contributed by atoms with Crippen molar-refractivity contribution < 1.29 is 79.5 Å². The van der Waals surface area contributed by atoms with Crippen LogP contribution in [0.15, 0.2) is 109 Å². The van der Waals surface area contributed by atoms with Crippen LogP contribution in [0.1, 0.15) is 25.0 Å². The Morgan fingerprint density at radius 1 is 0.485 bits per heavy atom. The number of rotatable bonds is 2. The minimum absolute atomic E-state index is 0. The van der Waals surface area contributed by atoms with Gasteiger partial charge in [0.2, 0.25) is 0 Å². The molecule has 4 aromatic carbocycles. The van der Waals surface area contributed by atoms with Gasteiger partial charge >= 0.3 is 59.1 Å². The van der Waals surface area contributed by atoms with Gasteiger partial charge in [-0.1, -0.05) is 98.8 Å². The van der Waals surface area contributed by atoms with Crippen LogP contribution in [-0.4, -0.2) is 10.2 Å². The van der Waals surface area contributed by atoms with E-state index >= 15 is 0 Å². The van der Waals surface area contributed by atoms with Crippen molar-refractivity contribution in [3.63, 3.8) is 0 Å². The van der Waals surface area contributed by atoms with Gasteiger partial charge in [0.1, 0.15) is 11.5 Å². The predicted octanol–water partition coefficient (Wildman–Crippen LogP) is -1.05. The van der Waals surface area contributed by atoms with Gasteiger partial charge in [-0.25, -0.2) is 0 Å². The molecule has 0 saturated heterocycles. The molecule has 4 nitrogen and oxygen atoms in total. The van der Waals surface area contributed by atoms with Gasteiger partial charge in [0, 0.05) is 5.41 Å². The molecule has 0 fully saturated rings. The molecule has 2 N–H and O–H groups in total. The van der Waals surface area contributed by atoms with E-state index < -0.39 is 0 Å². The maximum Gasteiger partial charge on any atom is 1.00 e. The Hall–Kier alpha value is -1.92. The predicted molar refractivity (Wildman–Crippen MR) is 120 cm³/mol. The second-order valence-corrected chi connectivity index (χ2v) is 7.34. The van der Waals surface area contributed by atoms with E-state index in [0.29, 0.717) is 0 Å². The molecule has 0 spiro atoms. The van der Waals surface area contributed by atoms with E-state index in [9.17, 15) is 20.4 Å². The van der Waals surface area contributed by atoms with E-state index in [4.69, 9.17) is 0 Å². The third-order valence-corrected chi connectivity index (χ3v) is 4.66. The molecule has 0 aliphatic carbocycles. The molecule has 33 heavy (non-hydrogen) atoms. The van der Waals surface area contributed by atoms with Gasteiger partial charge in [0.25, 0.3) is 0 Å². The standard InChI is InChI=1S/C15H16O2.2C6H6O.2Na/c1-15(2,11-3-7-13(16)8-4-11)12-5-9-14(17)10-6-12;2*7-6-4-2-1-3-5-6;;/h3-10,16-17H,1-2H3;2*1-5,7H;;/q;;;2*+1/p-2. The monoisotopic (exact) mass is 460 g/mol. The Kier molecular flexibility index (Phi) is 14.9. The summed E-state index contributed by atoms with van der Waals surface area (Å²) >= 11 is 0. The van der Waals surface area contributed by atoms with E-state index in [0.717, 1.165) is 11.1 Å². The van der Waals surface area contributed by atoms with Crippen LogP contribution in [0.3, 0.4) is 0 Å². The normalized spacial score (nSPS) is 9.52. The van der Waals surface area contributed by atoms with Gasteiger partial charge in [0.05, 0.1) is 0 Å². The van der Waals surface area contributed by atoms with Crippen LogP contribution < -0.4 is 69.3 Å². The molecule has 0 unspecified atom stereocenters. The van der Waals surface area contributed by atoms with E-state index in [1.807, 2.05) is 36.4 Å². The summed E-state index contributed by atoms with van der Waals surface area (Å²) in [6.07, 6.45) is 0. The number of aromatic hydroxyl groups is 2. The van der Waals surface area contributed by atoms with Gasteiger partial charge in [-0.2, -0.15) is 0 Å². The Balaban J connectivity index is 0.000000532. The second-order valence-electron chi connectivity index (χ2n) is 7.34. The van der Waals surface area contributed by atoms with Crippen LogP contribution in [0.25, 0.3) is 0 Å². The van der Waals surface area contributed by atoms with Gasteiger partial charge in [-0.3, -0.25) is 0 Å². The van der Waals surface area contributed by atoms with E-state index in [2.05, 4.69) is 13.8 Å². The topological polar surface area (TPSA) is 86.6 Å². The first-order valence-electron chi connectivity index (χ1n) is 9.82. The van der Waals surface area contributed by atoms with Crippen molar-refractivity contribution in [3.8, 4) is 23.0 Å². The molecule has 0 saturated carbocycles. The molecule has 0 heterocycles. The summed E-state index contributed by atoms with van der Waals surface area (Å²) < 4.78 is 0. The molecule has 4 aromatic rings. The molecule has 0 aromatic heterocycles. The van der Waals surface area contributed by atoms with Crippen LogP contribution in [0, 0.1) is 0 Å². The fourth-order valence-corrected chi connectivity index (χ4v) is 2.76. The minimum Gasteiger partial charge on any atom is -0.872 e. The molecule has 0 amide bonds. The van der Waals surface area contributed by atoms with Gasteiger partial charge in [-0.05, 0) is 35.4 Å². The molecular weight excluding hydrogens is 434 g/mol. The average molecular weight is 460 g/mol. The van der Waals surface area contributed by atoms with Gasteiger partial charge < -0.3 is 20.4 Å². The summed E-state index contributed by atoms with van der Waals surface area (Å²) in [5.41, 5.74) is 2.10. The maximum absolute atomic E-state index is 10.3. The van der Waals surface area contributed by atoms with Crippen molar-refractivity contribution in [1.82, 2.24) is 0 Å². The zero-order valence-corrected chi connectivity index (χ0v) is 23.6. The van der Waals surface area contributed by atoms with E-state index in [1.54, 1.807) is 48.5 Å². The molecule has 0 atom stereocenters. The maximum atomic E-state index is 10.3. The molecule has 160 valence electrons. The summed E-state index contributed by atoms with van der Waals surface area (Å²) in [6.45, 7) is 4.23. The van der Waals surface area contributed by atoms with Crippen molar-refractivity contribution in [2.45, 2.75) is 19.3 Å². The first-order chi connectivity index (χ1) is 14.8. The SMILES string of the molecule is CC(C)(c1ccc(O)cc1)c1ccc(O)cc1.[Na+].[Na+].[O-]c1ccccc1.[O-]c1ccccc1. The molecular formula is C27H26Na2O4.